The van der Waals surface area contributed by atoms with Crippen molar-refractivity contribution in [3.05, 3.63) is 0 Å². The number of rotatable bonds is 25. The Kier molecular flexibility index (Phi) is 30.9. The third kappa shape index (κ3) is 30.9. The first-order valence-electron chi connectivity index (χ1n) is 14.9. The molecule has 2 N–H and O–H groups in total. The van der Waals surface area contributed by atoms with Crippen molar-refractivity contribution in [3.63, 3.8) is 0 Å². The Morgan fingerprint density at radius 2 is 0.765 bits per heavy atom. The van der Waals surface area contributed by atoms with Gasteiger partial charge in [0, 0.05) is 6.42 Å². The average molecular weight is 485 g/mol. The zero-order chi connectivity index (χ0) is 25.7. The van der Waals surface area contributed by atoms with Crippen LogP contribution < -0.4 is 0 Å². The van der Waals surface area contributed by atoms with Gasteiger partial charge in [0.15, 0.2) is 0 Å². The van der Waals surface area contributed by atoms with E-state index in [0.717, 1.165) is 44.9 Å². The van der Waals surface area contributed by atoms with Gasteiger partial charge in [-0.2, -0.15) is 0 Å². The fourth-order valence-corrected chi connectivity index (χ4v) is 4.32. The van der Waals surface area contributed by atoms with Crippen molar-refractivity contribution < 1.29 is 19.8 Å². The molecule has 0 aliphatic rings. The number of hydrogen-bond donors (Lipinski definition) is 2. The molecule has 1 unspecified atom stereocenters. The van der Waals surface area contributed by atoms with Crippen molar-refractivity contribution in [1.82, 2.24) is 0 Å². The molecule has 0 rings (SSSR count). The minimum Gasteiger partial charge on any atom is -0.481 e. The van der Waals surface area contributed by atoms with Crippen LogP contribution in [-0.4, -0.2) is 22.2 Å². The predicted molar refractivity (Wildman–Crippen MR) is 147 cm³/mol. The van der Waals surface area contributed by atoms with Gasteiger partial charge < -0.3 is 10.2 Å². The summed E-state index contributed by atoms with van der Waals surface area (Å²) in [5, 5.41) is 17.6. The van der Waals surface area contributed by atoms with E-state index in [1.165, 1.54) is 103 Å². The van der Waals surface area contributed by atoms with Gasteiger partial charge in [-0.25, -0.2) is 0 Å². The lowest BCUT2D eigenvalue weighted by atomic mass is 9.94. The first-order chi connectivity index (χ1) is 16.5. The summed E-state index contributed by atoms with van der Waals surface area (Å²) in [5.74, 6) is -1.34. The highest BCUT2D eigenvalue weighted by Gasteiger charge is 2.16. The zero-order valence-corrected chi connectivity index (χ0v) is 23.3. The molecule has 0 bridgehead atoms. The molecule has 0 saturated heterocycles. The van der Waals surface area contributed by atoms with Crippen LogP contribution in [0.25, 0.3) is 0 Å². The van der Waals surface area contributed by atoms with Crippen LogP contribution in [0.15, 0.2) is 0 Å². The smallest absolute Gasteiger partial charge is 0.306 e. The maximum absolute atomic E-state index is 11.4. The third-order valence-corrected chi connectivity index (χ3v) is 6.66. The second-order valence-corrected chi connectivity index (χ2v) is 10.1. The average Bonchev–Trinajstić information content (AvgIpc) is 2.80. The highest BCUT2D eigenvalue weighted by atomic mass is 16.4. The van der Waals surface area contributed by atoms with Crippen molar-refractivity contribution in [2.75, 3.05) is 0 Å². The first-order valence-corrected chi connectivity index (χ1v) is 14.9. The molecule has 4 nitrogen and oxygen atoms in total. The van der Waals surface area contributed by atoms with Gasteiger partial charge in [-0.05, 0) is 19.3 Å². The standard InChI is InChI=1S/C24H48O2.C6H12O2/c1-3-5-7-9-11-13-14-16-18-20-22-23(24(25)26)21-19-17-15-12-10-8-6-4-2;1-2-3-4-5-6(7)8/h23H,3-22H2,1-2H3,(H,25,26);2-5H2,1H3,(H,7,8). The number of unbranched alkanes of at least 4 members (excludes halogenated alkanes) is 18. The van der Waals surface area contributed by atoms with Crippen LogP contribution in [0.3, 0.4) is 0 Å². The first kappa shape index (κ1) is 35.1. The molecule has 0 fully saturated rings. The van der Waals surface area contributed by atoms with Gasteiger partial charge in [0.1, 0.15) is 0 Å². The molecule has 4 heteroatoms. The maximum Gasteiger partial charge on any atom is 0.306 e. The Hall–Kier alpha value is -1.06. The van der Waals surface area contributed by atoms with Gasteiger partial charge in [0.2, 0.25) is 0 Å². The largest absolute Gasteiger partial charge is 0.481 e. The van der Waals surface area contributed by atoms with E-state index >= 15 is 0 Å². The van der Waals surface area contributed by atoms with Crippen LogP contribution in [-0.2, 0) is 9.59 Å². The van der Waals surface area contributed by atoms with E-state index in [4.69, 9.17) is 5.11 Å². The SMILES string of the molecule is CCCCCC(=O)O.CCCCCCCCCCCCC(CCCCCCCCCC)C(=O)O. The van der Waals surface area contributed by atoms with E-state index in [2.05, 4.69) is 20.8 Å². The minimum atomic E-state index is -0.682. The minimum absolute atomic E-state index is 0.0934. The van der Waals surface area contributed by atoms with Gasteiger partial charge in [0.05, 0.1) is 5.92 Å². The molecule has 0 heterocycles. The van der Waals surface area contributed by atoms with Crippen molar-refractivity contribution in [2.45, 2.75) is 175 Å². The number of aliphatic carboxylic acids is 2. The molecule has 0 aliphatic carbocycles. The fourth-order valence-electron chi connectivity index (χ4n) is 4.32. The lowest BCUT2D eigenvalue weighted by molar-refractivity contribution is -0.142. The Morgan fingerprint density at radius 1 is 0.471 bits per heavy atom. The normalized spacial score (nSPS) is 11.6. The molecule has 0 aliphatic heterocycles. The van der Waals surface area contributed by atoms with Gasteiger partial charge in [-0.3, -0.25) is 9.59 Å². The highest BCUT2D eigenvalue weighted by Crippen LogP contribution is 2.20. The second-order valence-electron chi connectivity index (χ2n) is 10.1. The quantitative estimate of drug-likeness (QED) is 0.126. The Balaban J connectivity index is 0. The Labute approximate surface area is 212 Å². The number of carbonyl (C=O) groups is 2. The van der Waals surface area contributed by atoms with Crippen molar-refractivity contribution >= 4 is 11.9 Å². The molecule has 0 spiro atoms. The molecule has 0 aromatic rings. The summed E-state index contributed by atoms with van der Waals surface area (Å²) in [6, 6.07) is 0. The van der Waals surface area contributed by atoms with Crippen LogP contribution in [0.2, 0.25) is 0 Å². The zero-order valence-electron chi connectivity index (χ0n) is 23.3. The van der Waals surface area contributed by atoms with Crippen LogP contribution in [0.4, 0.5) is 0 Å². The van der Waals surface area contributed by atoms with Crippen molar-refractivity contribution in [2.24, 2.45) is 5.92 Å². The maximum atomic E-state index is 11.4. The van der Waals surface area contributed by atoms with Gasteiger partial charge in [-0.15, -0.1) is 0 Å². The fraction of sp³-hybridized carbons (Fsp3) is 0.933. The van der Waals surface area contributed by atoms with Crippen LogP contribution in [0.1, 0.15) is 175 Å². The summed E-state index contributed by atoms with van der Waals surface area (Å²) in [6.07, 6.45) is 28.6. The molecular formula is C30H60O4. The van der Waals surface area contributed by atoms with E-state index in [9.17, 15) is 14.7 Å². The molecule has 0 saturated carbocycles. The van der Waals surface area contributed by atoms with E-state index in [-0.39, 0.29) is 5.92 Å². The van der Waals surface area contributed by atoms with Crippen LogP contribution in [0, 0.1) is 5.92 Å². The van der Waals surface area contributed by atoms with Gasteiger partial charge in [0.25, 0.3) is 0 Å². The van der Waals surface area contributed by atoms with E-state index in [1.807, 2.05) is 0 Å². The van der Waals surface area contributed by atoms with Crippen molar-refractivity contribution in [3.8, 4) is 0 Å². The molecule has 0 radical (unpaired) electrons. The van der Waals surface area contributed by atoms with Gasteiger partial charge >= 0.3 is 11.9 Å². The summed E-state index contributed by atoms with van der Waals surface area (Å²) in [4.78, 5) is 21.3. The Bertz CT molecular complexity index is 422. The second kappa shape index (κ2) is 30.0. The van der Waals surface area contributed by atoms with Crippen LogP contribution in [0.5, 0.6) is 0 Å². The van der Waals surface area contributed by atoms with Crippen LogP contribution >= 0.6 is 0 Å². The lowest BCUT2D eigenvalue weighted by Crippen LogP contribution is -2.13. The number of carboxylic acids is 2. The third-order valence-electron chi connectivity index (χ3n) is 6.66. The number of carboxylic acid groups (broad SMARTS) is 2. The van der Waals surface area contributed by atoms with E-state index < -0.39 is 11.9 Å². The molecular weight excluding hydrogens is 424 g/mol. The molecule has 204 valence electrons. The van der Waals surface area contributed by atoms with E-state index in [0.29, 0.717) is 6.42 Å². The highest BCUT2D eigenvalue weighted by molar-refractivity contribution is 5.69. The molecule has 34 heavy (non-hydrogen) atoms. The summed E-state index contributed by atoms with van der Waals surface area (Å²) in [7, 11) is 0. The molecule has 0 aromatic carbocycles. The molecule has 1 atom stereocenters. The van der Waals surface area contributed by atoms with Crippen molar-refractivity contribution in [1.29, 1.82) is 0 Å². The topological polar surface area (TPSA) is 74.6 Å². The monoisotopic (exact) mass is 484 g/mol. The molecule has 0 aromatic heterocycles. The summed E-state index contributed by atoms with van der Waals surface area (Å²) in [5.41, 5.74) is 0. The summed E-state index contributed by atoms with van der Waals surface area (Å²) >= 11 is 0. The predicted octanol–water partition coefficient (Wildman–Crippen LogP) is 10.2. The van der Waals surface area contributed by atoms with E-state index in [1.54, 1.807) is 0 Å². The summed E-state index contributed by atoms with van der Waals surface area (Å²) in [6.45, 7) is 6.57. The Morgan fingerprint density at radius 3 is 1.06 bits per heavy atom. The van der Waals surface area contributed by atoms with Gasteiger partial charge in [-0.1, -0.05) is 149 Å². The number of hydrogen-bond acceptors (Lipinski definition) is 2. The molecule has 0 amide bonds. The lowest BCUT2D eigenvalue weighted by Gasteiger charge is -2.12. The summed E-state index contributed by atoms with van der Waals surface area (Å²) < 4.78 is 0.